The lowest BCUT2D eigenvalue weighted by Gasteiger charge is -2.47. The second kappa shape index (κ2) is 8.93. The number of aryl methyl sites for hydroxylation is 1. The zero-order chi connectivity index (χ0) is 19.8. The average Bonchev–Trinajstić information content (AvgIpc) is 3.14. The van der Waals surface area contributed by atoms with Crippen molar-refractivity contribution >= 4 is 23.3 Å². The third kappa shape index (κ3) is 3.92. The summed E-state index contributed by atoms with van der Waals surface area (Å²) in [5.41, 5.74) is 4.24. The molecule has 5 rings (SSSR count). The fourth-order valence-electron chi connectivity index (χ4n) is 5.83. The number of fused-ring (bicyclic) bond motifs is 4. The number of aromatic amines is 1. The van der Waals surface area contributed by atoms with Gasteiger partial charge in [0.2, 0.25) is 0 Å². The first-order valence-electron chi connectivity index (χ1n) is 11.3. The van der Waals surface area contributed by atoms with Crippen LogP contribution in [0, 0.1) is 23.7 Å². The Bertz CT molecular complexity index is 972. The molecule has 1 aliphatic heterocycles. The summed E-state index contributed by atoms with van der Waals surface area (Å²) >= 11 is 0. The van der Waals surface area contributed by atoms with Gasteiger partial charge in [-0.15, -0.1) is 12.4 Å². The van der Waals surface area contributed by atoms with Gasteiger partial charge in [-0.2, -0.15) is 0 Å². The highest BCUT2D eigenvalue weighted by molar-refractivity contribution is 5.85. The lowest BCUT2D eigenvalue weighted by molar-refractivity contribution is 0.123. The number of aliphatic hydroxyl groups is 1. The maximum absolute atomic E-state index is 10.3. The monoisotopic (exact) mass is 424 g/mol. The number of halogens is 1. The van der Waals surface area contributed by atoms with Crippen molar-refractivity contribution in [3.05, 3.63) is 71.8 Å². The van der Waals surface area contributed by atoms with E-state index in [0.717, 1.165) is 19.4 Å². The van der Waals surface area contributed by atoms with Gasteiger partial charge < -0.3 is 15.0 Å². The summed E-state index contributed by atoms with van der Waals surface area (Å²) in [6, 6.07) is 8.60. The summed E-state index contributed by atoms with van der Waals surface area (Å²) in [6.07, 6.45) is 16.7. The molecular weight excluding hydrogens is 392 g/mol. The van der Waals surface area contributed by atoms with E-state index in [2.05, 4.69) is 65.5 Å². The first-order valence-corrected chi connectivity index (χ1v) is 11.3. The number of hydrogen-bond acceptors (Lipinski definition) is 2. The summed E-state index contributed by atoms with van der Waals surface area (Å²) in [6.45, 7) is 4.72. The fourth-order valence-corrected chi connectivity index (χ4v) is 5.83. The molecule has 1 fully saturated rings. The number of likely N-dealkylation sites (tertiary alicyclic amines) is 1. The molecule has 2 unspecified atom stereocenters. The maximum Gasteiger partial charge on any atom is 0.0962 e. The largest absolute Gasteiger partial charge is 0.512 e. The minimum Gasteiger partial charge on any atom is -0.512 e. The molecule has 1 aromatic carbocycles. The van der Waals surface area contributed by atoms with E-state index >= 15 is 0 Å². The number of aliphatic hydroxyl groups excluding tert-OH is 1. The predicted octanol–water partition coefficient (Wildman–Crippen LogP) is 6.40. The van der Waals surface area contributed by atoms with Gasteiger partial charge in [0.05, 0.1) is 5.76 Å². The molecule has 4 atom stereocenters. The highest BCUT2D eigenvalue weighted by Gasteiger charge is 2.41. The van der Waals surface area contributed by atoms with Crippen molar-refractivity contribution < 1.29 is 5.11 Å². The van der Waals surface area contributed by atoms with E-state index in [1.54, 1.807) is 5.70 Å². The average molecular weight is 425 g/mol. The Morgan fingerprint density at radius 3 is 2.93 bits per heavy atom. The molecule has 1 saturated heterocycles. The normalized spacial score (nSPS) is 27.7. The minimum atomic E-state index is 0. The van der Waals surface area contributed by atoms with Gasteiger partial charge in [0.15, 0.2) is 0 Å². The number of benzene rings is 1. The SMILES string of the molecule is C[C@H]1C[C@@H]2C(=CCC3C(O)=CC=CC32)N(CCCCc2c[nH]c3ccccc23)C1.Cl. The molecule has 4 heteroatoms. The lowest BCUT2D eigenvalue weighted by atomic mass is 9.67. The van der Waals surface area contributed by atoms with Crippen molar-refractivity contribution in [3.8, 4) is 0 Å². The second-order valence-corrected chi connectivity index (χ2v) is 9.23. The topological polar surface area (TPSA) is 39.3 Å². The summed E-state index contributed by atoms with van der Waals surface area (Å²) in [5, 5.41) is 11.7. The molecule has 0 saturated carbocycles. The second-order valence-electron chi connectivity index (χ2n) is 9.23. The van der Waals surface area contributed by atoms with Crippen LogP contribution in [-0.2, 0) is 6.42 Å². The van der Waals surface area contributed by atoms with Crippen LogP contribution in [0.25, 0.3) is 10.9 Å². The van der Waals surface area contributed by atoms with E-state index in [1.807, 2.05) is 6.08 Å². The van der Waals surface area contributed by atoms with Crippen LogP contribution < -0.4 is 0 Å². The number of hydrogen-bond donors (Lipinski definition) is 2. The summed E-state index contributed by atoms with van der Waals surface area (Å²) in [5.74, 6) is 2.62. The molecule has 30 heavy (non-hydrogen) atoms. The number of piperidine rings is 1. The van der Waals surface area contributed by atoms with Gasteiger partial charge in [-0.05, 0) is 61.6 Å². The van der Waals surface area contributed by atoms with Crippen LogP contribution in [-0.4, -0.2) is 28.1 Å². The Balaban J connectivity index is 0.00000218. The van der Waals surface area contributed by atoms with Crippen LogP contribution in [0.4, 0.5) is 0 Å². The number of rotatable bonds is 5. The van der Waals surface area contributed by atoms with E-state index in [4.69, 9.17) is 0 Å². The lowest BCUT2D eigenvalue weighted by Crippen LogP contribution is -2.44. The maximum atomic E-state index is 10.3. The van der Waals surface area contributed by atoms with Gasteiger partial charge in [-0.3, -0.25) is 0 Å². The molecule has 0 bridgehead atoms. The van der Waals surface area contributed by atoms with Gasteiger partial charge in [-0.1, -0.05) is 43.4 Å². The standard InChI is InChI=1S/C26H32N2O.ClH/c1-18-15-23-21-9-6-11-26(29)22(21)12-13-25(23)28(17-18)14-5-4-7-19-16-27-24-10-3-2-8-20(19)24;/h2-3,6,8-11,13,16,18,21-23,27,29H,4-5,7,12,14-15,17H2,1H3;1H/t18-,21?,22?,23-;/m0./s1. The summed E-state index contributed by atoms with van der Waals surface area (Å²) in [7, 11) is 0. The van der Waals surface area contributed by atoms with E-state index in [0.29, 0.717) is 29.4 Å². The van der Waals surface area contributed by atoms with Crippen molar-refractivity contribution in [2.75, 3.05) is 13.1 Å². The van der Waals surface area contributed by atoms with Gasteiger partial charge in [-0.25, -0.2) is 0 Å². The summed E-state index contributed by atoms with van der Waals surface area (Å²) < 4.78 is 0. The number of para-hydroxylation sites is 1. The zero-order valence-corrected chi connectivity index (χ0v) is 18.6. The molecule has 160 valence electrons. The molecule has 2 aliphatic carbocycles. The van der Waals surface area contributed by atoms with E-state index in [9.17, 15) is 5.11 Å². The highest BCUT2D eigenvalue weighted by atomic mass is 35.5. The molecule has 0 spiro atoms. The Hall–Kier alpha value is -2.13. The number of H-pyrrole nitrogens is 1. The molecule has 2 aromatic rings. The molecule has 1 aromatic heterocycles. The van der Waals surface area contributed by atoms with E-state index in [-0.39, 0.29) is 12.4 Å². The molecule has 0 amide bonds. The van der Waals surface area contributed by atoms with Crippen LogP contribution >= 0.6 is 12.4 Å². The van der Waals surface area contributed by atoms with Crippen LogP contribution in [0.2, 0.25) is 0 Å². The first-order chi connectivity index (χ1) is 14.2. The quantitative estimate of drug-likeness (QED) is 0.545. The number of nitrogens with one attached hydrogen (secondary N) is 1. The molecular formula is C26H33ClN2O. The van der Waals surface area contributed by atoms with Crippen molar-refractivity contribution in [2.24, 2.45) is 23.7 Å². The van der Waals surface area contributed by atoms with Crippen molar-refractivity contribution in [2.45, 2.75) is 39.0 Å². The Morgan fingerprint density at radius 2 is 2.03 bits per heavy atom. The third-order valence-corrected chi connectivity index (χ3v) is 7.22. The number of nitrogens with zero attached hydrogens (tertiary/aromatic N) is 1. The number of allylic oxidation sites excluding steroid dienone is 6. The van der Waals surface area contributed by atoms with Gasteiger partial charge in [0, 0.05) is 47.7 Å². The van der Waals surface area contributed by atoms with Crippen LogP contribution in [0.1, 0.15) is 38.2 Å². The first kappa shape index (κ1) is 21.1. The summed E-state index contributed by atoms with van der Waals surface area (Å²) in [4.78, 5) is 6.06. The van der Waals surface area contributed by atoms with Crippen molar-refractivity contribution in [3.63, 3.8) is 0 Å². The van der Waals surface area contributed by atoms with Crippen LogP contribution in [0.3, 0.4) is 0 Å². The van der Waals surface area contributed by atoms with Gasteiger partial charge in [0.1, 0.15) is 0 Å². The Labute approximate surface area is 186 Å². The van der Waals surface area contributed by atoms with Crippen molar-refractivity contribution in [1.82, 2.24) is 9.88 Å². The smallest absolute Gasteiger partial charge is 0.0962 e. The molecule has 3 aliphatic rings. The van der Waals surface area contributed by atoms with Crippen molar-refractivity contribution in [1.29, 1.82) is 0 Å². The van der Waals surface area contributed by atoms with Crippen LogP contribution in [0.5, 0.6) is 0 Å². The van der Waals surface area contributed by atoms with Crippen LogP contribution in [0.15, 0.2) is 66.2 Å². The van der Waals surface area contributed by atoms with E-state index in [1.165, 1.54) is 42.3 Å². The Morgan fingerprint density at radius 1 is 1.17 bits per heavy atom. The van der Waals surface area contributed by atoms with E-state index < -0.39 is 0 Å². The highest BCUT2D eigenvalue weighted by Crippen LogP contribution is 2.47. The van der Waals surface area contributed by atoms with Gasteiger partial charge >= 0.3 is 0 Å². The fraction of sp³-hybridized carbons (Fsp3) is 0.462. The predicted molar refractivity (Wildman–Crippen MR) is 127 cm³/mol. The van der Waals surface area contributed by atoms with Gasteiger partial charge in [0.25, 0.3) is 0 Å². The minimum absolute atomic E-state index is 0. The number of unbranched alkanes of at least 4 members (excludes halogenated alkanes) is 1. The molecule has 2 heterocycles. The molecule has 2 N–H and O–H groups in total. The molecule has 0 radical (unpaired) electrons. The molecule has 3 nitrogen and oxygen atoms in total. The Kier molecular flexibility index (Phi) is 6.29. The zero-order valence-electron chi connectivity index (χ0n) is 17.8. The number of aromatic nitrogens is 1. The third-order valence-electron chi connectivity index (χ3n) is 7.22.